The van der Waals surface area contributed by atoms with Gasteiger partial charge in [-0.15, -0.1) is 5.10 Å². The smallest absolute Gasteiger partial charge is 0.291 e. The second-order valence-electron chi connectivity index (χ2n) is 9.56. The van der Waals surface area contributed by atoms with Gasteiger partial charge >= 0.3 is 0 Å². The molecule has 0 aliphatic rings. The zero-order valence-electron chi connectivity index (χ0n) is 21.6. The van der Waals surface area contributed by atoms with Gasteiger partial charge < -0.3 is 4.74 Å². The van der Waals surface area contributed by atoms with Crippen LogP contribution in [0.5, 0.6) is 5.75 Å². The molecule has 0 aliphatic heterocycles. The second-order valence-corrected chi connectivity index (χ2v) is 10.6. The molecule has 0 amide bonds. The van der Waals surface area contributed by atoms with Crippen LogP contribution in [0.4, 0.5) is 0 Å². The summed E-state index contributed by atoms with van der Waals surface area (Å²) < 4.78 is 9.61. The number of hydrogen-bond donors (Lipinski definition) is 0. The summed E-state index contributed by atoms with van der Waals surface area (Å²) in [7, 11) is 0. The molecule has 0 fully saturated rings. The first kappa shape index (κ1) is 24.7. The Morgan fingerprint density at radius 3 is 2.51 bits per heavy atom. The molecule has 6 aromatic rings. The van der Waals surface area contributed by atoms with Gasteiger partial charge in [0.1, 0.15) is 11.4 Å². The van der Waals surface area contributed by atoms with E-state index in [4.69, 9.17) is 9.84 Å². The van der Waals surface area contributed by atoms with Gasteiger partial charge in [0.05, 0.1) is 16.8 Å². The highest BCUT2D eigenvalue weighted by molar-refractivity contribution is 7.15. The van der Waals surface area contributed by atoms with Crippen LogP contribution in [0, 0.1) is 5.92 Å². The number of rotatable bonds is 8. The summed E-state index contributed by atoms with van der Waals surface area (Å²) in [5.74, 6) is 1.89. The largest absolute Gasteiger partial charge is 0.494 e. The van der Waals surface area contributed by atoms with E-state index in [2.05, 4.69) is 28.9 Å². The molecule has 9 heteroatoms. The summed E-state index contributed by atoms with van der Waals surface area (Å²) in [6.45, 7) is 5.05. The van der Waals surface area contributed by atoms with Crippen molar-refractivity contribution in [2.24, 2.45) is 5.92 Å². The maximum Gasteiger partial charge on any atom is 0.291 e. The molecule has 0 N–H and O–H groups in total. The van der Waals surface area contributed by atoms with Crippen LogP contribution in [-0.4, -0.2) is 36.0 Å². The highest BCUT2D eigenvalue weighted by Gasteiger charge is 2.15. The molecular formula is C30H26N6O2S. The maximum absolute atomic E-state index is 13.3. The summed E-state index contributed by atoms with van der Waals surface area (Å²) >= 11 is 1.30. The molecule has 0 saturated carbocycles. The summed E-state index contributed by atoms with van der Waals surface area (Å²) in [5.41, 5.74) is 3.99. The molecule has 0 saturated heterocycles. The van der Waals surface area contributed by atoms with Gasteiger partial charge in [-0.3, -0.25) is 9.78 Å². The molecule has 0 atom stereocenters. The monoisotopic (exact) mass is 534 g/mol. The summed E-state index contributed by atoms with van der Waals surface area (Å²) in [6.07, 6.45) is 8.18. The Morgan fingerprint density at radius 2 is 1.79 bits per heavy atom. The average Bonchev–Trinajstić information content (AvgIpc) is 3.65. The fourth-order valence-corrected chi connectivity index (χ4v) is 5.04. The van der Waals surface area contributed by atoms with Crippen molar-refractivity contribution < 1.29 is 4.74 Å². The van der Waals surface area contributed by atoms with Gasteiger partial charge in [0.2, 0.25) is 4.96 Å². The Bertz CT molecular complexity index is 1820. The van der Waals surface area contributed by atoms with Crippen LogP contribution in [0.2, 0.25) is 0 Å². The maximum atomic E-state index is 13.3. The van der Waals surface area contributed by atoms with Crippen LogP contribution in [-0.2, 0) is 0 Å². The van der Waals surface area contributed by atoms with Crippen molar-refractivity contribution in [1.82, 2.24) is 29.4 Å². The SMILES string of the molecule is CC(C)CCOc1ccc(-c2nn(-c3ccccc3)cc2/C=c2\sc3nc(-c4cccnc4)nn3c2=O)cc1. The molecule has 39 heavy (non-hydrogen) atoms. The van der Waals surface area contributed by atoms with Crippen molar-refractivity contribution in [1.29, 1.82) is 0 Å². The van der Waals surface area contributed by atoms with E-state index in [0.29, 0.717) is 27.8 Å². The highest BCUT2D eigenvalue weighted by atomic mass is 32.1. The van der Waals surface area contributed by atoms with E-state index in [1.807, 2.05) is 83.7 Å². The minimum absolute atomic E-state index is 0.218. The molecule has 4 heterocycles. The summed E-state index contributed by atoms with van der Waals surface area (Å²) in [5, 5.41) is 9.32. The van der Waals surface area contributed by atoms with Crippen molar-refractivity contribution in [2.45, 2.75) is 20.3 Å². The molecule has 0 bridgehead atoms. The Balaban J connectivity index is 1.39. The molecule has 6 rings (SSSR count). The topological polar surface area (TPSA) is 87.2 Å². The Hall–Kier alpha value is -4.63. The lowest BCUT2D eigenvalue weighted by atomic mass is 10.1. The number of para-hydroxylation sites is 1. The normalized spacial score (nSPS) is 12.0. The van der Waals surface area contributed by atoms with Crippen LogP contribution in [0.25, 0.3) is 39.4 Å². The molecule has 0 unspecified atom stereocenters. The number of pyridine rings is 1. The van der Waals surface area contributed by atoms with Crippen LogP contribution < -0.4 is 14.8 Å². The first-order chi connectivity index (χ1) is 19.0. The fourth-order valence-electron chi connectivity index (χ4n) is 4.14. The first-order valence-electron chi connectivity index (χ1n) is 12.8. The van der Waals surface area contributed by atoms with Crippen molar-refractivity contribution in [3.8, 4) is 34.1 Å². The van der Waals surface area contributed by atoms with E-state index in [1.165, 1.54) is 15.9 Å². The van der Waals surface area contributed by atoms with Crippen molar-refractivity contribution in [2.75, 3.05) is 6.61 Å². The molecular weight excluding hydrogens is 508 g/mol. The van der Waals surface area contributed by atoms with Gasteiger partial charge in [0, 0.05) is 35.3 Å². The minimum atomic E-state index is -0.218. The fraction of sp³-hybridized carbons (Fsp3) is 0.167. The van der Waals surface area contributed by atoms with Crippen molar-refractivity contribution in [3.05, 3.63) is 106 Å². The Labute approximate surface area is 228 Å². The second kappa shape index (κ2) is 10.6. The number of aromatic nitrogens is 6. The van der Waals surface area contributed by atoms with Crippen LogP contribution in [0.15, 0.2) is 90.1 Å². The average molecular weight is 535 g/mol. The van der Waals surface area contributed by atoms with E-state index < -0.39 is 0 Å². The van der Waals surface area contributed by atoms with E-state index in [0.717, 1.165) is 40.2 Å². The minimum Gasteiger partial charge on any atom is -0.494 e. The Morgan fingerprint density at radius 1 is 0.974 bits per heavy atom. The van der Waals surface area contributed by atoms with E-state index in [9.17, 15) is 4.79 Å². The number of ether oxygens (including phenoxy) is 1. The van der Waals surface area contributed by atoms with E-state index in [-0.39, 0.29) is 5.56 Å². The molecule has 2 aromatic carbocycles. The highest BCUT2D eigenvalue weighted by Crippen LogP contribution is 2.27. The third kappa shape index (κ3) is 5.21. The predicted molar refractivity (Wildman–Crippen MR) is 153 cm³/mol. The van der Waals surface area contributed by atoms with Gasteiger partial charge in [0.25, 0.3) is 5.56 Å². The third-order valence-electron chi connectivity index (χ3n) is 6.24. The molecule has 0 spiro atoms. The first-order valence-corrected chi connectivity index (χ1v) is 13.6. The van der Waals surface area contributed by atoms with Crippen molar-refractivity contribution in [3.63, 3.8) is 0 Å². The molecule has 8 nitrogen and oxygen atoms in total. The number of thiazole rings is 1. The third-order valence-corrected chi connectivity index (χ3v) is 7.20. The molecule has 4 aromatic heterocycles. The van der Waals surface area contributed by atoms with Gasteiger partial charge in [-0.25, -0.2) is 4.68 Å². The molecule has 194 valence electrons. The molecule has 0 radical (unpaired) electrons. The van der Waals surface area contributed by atoms with Crippen LogP contribution in [0.1, 0.15) is 25.8 Å². The number of hydrogen-bond acceptors (Lipinski definition) is 7. The zero-order chi connectivity index (χ0) is 26.8. The number of benzene rings is 2. The zero-order valence-corrected chi connectivity index (χ0v) is 22.4. The lowest BCUT2D eigenvalue weighted by Crippen LogP contribution is -2.23. The summed E-state index contributed by atoms with van der Waals surface area (Å²) in [4.78, 5) is 22.5. The van der Waals surface area contributed by atoms with Crippen molar-refractivity contribution >= 4 is 22.4 Å². The quantitative estimate of drug-likeness (QED) is 0.272. The lowest BCUT2D eigenvalue weighted by molar-refractivity contribution is 0.289. The van der Waals surface area contributed by atoms with E-state index in [1.54, 1.807) is 12.4 Å². The Kier molecular flexibility index (Phi) is 6.73. The van der Waals surface area contributed by atoms with E-state index >= 15 is 0 Å². The van der Waals surface area contributed by atoms with Crippen LogP contribution in [0.3, 0.4) is 0 Å². The molecule has 0 aliphatic carbocycles. The number of fused-ring (bicyclic) bond motifs is 1. The van der Waals surface area contributed by atoms with Gasteiger partial charge in [0.15, 0.2) is 5.82 Å². The van der Waals surface area contributed by atoms with Gasteiger partial charge in [-0.2, -0.15) is 14.6 Å². The van der Waals surface area contributed by atoms with Crippen LogP contribution >= 0.6 is 11.3 Å². The predicted octanol–water partition coefficient (Wildman–Crippen LogP) is 5.04. The lowest BCUT2D eigenvalue weighted by Gasteiger charge is -2.08. The standard InChI is InChI=1S/C30H26N6O2S/c1-20(2)14-16-38-25-12-10-21(11-13-25)27-23(19-35(33-27)24-8-4-3-5-9-24)17-26-29(37)36-30(39-26)32-28(34-36)22-7-6-15-31-18-22/h3-13,15,17-20H,14,16H2,1-2H3/b26-17-. The summed E-state index contributed by atoms with van der Waals surface area (Å²) in [6, 6.07) is 21.5. The van der Waals surface area contributed by atoms with Gasteiger partial charge in [-0.1, -0.05) is 43.4 Å². The van der Waals surface area contributed by atoms with Gasteiger partial charge in [-0.05, 0) is 66.9 Å². The number of nitrogens with zero attached hydrogens (tertiary/aromatic N) is 6.